The van der Waals surface area contributed by atoms with Gasteiger partial charge in [-0.2, -0.15) is 0 Å². The second-order valence-corrected chi connectivity index (χ2v) is 9.48. The second kappa shape index (κ2) is 9.85. The molecule has 30 heavy (non-hydrogen) atoms. The zero-order chi connectivity index (χ0) is 20.9. The number of aromatic amines is 1. The summed E-state index contributed by atoms with van der Waals surface area (Å²) in [6.45, 7) is 7.51. The van der Waals surface area contributed by atoms with Gasteiger partial charge in [-0.1, -0.05) is 12.1 Å². The molecule has 4 rings (SSSR count). The van der Waals surface area contributed by atoms with Crippen molar-refractivity contribution in [1.82, 2.24) is 29.9 Å². The van der Waals surface area contributed by atoms with Gasteiger partial charge < -0.3 is 10.1 Å². The van der Waals surface area contributed by atoms with Crippen molar-refractivity contribution in [3.8, 4) is 0 Å². The summed E-state index contributed by atoms with van der Waals surface area (Å²) in [4.78, 5) is 12.5. The van der Waals surface area contributed by atoms with E-state index in [1.54, 1.807) is 6.33 Å². The second-order valence-electron chi connectivity index (χ2n) is 8.26. The Kier molecular flexibility index (Phi) is 6.97. The van der Waals surface area contributed by atoms with Crippen LogP contribution in [0.5, 0.6) is 0 Å². The fourth-order valence-electron chi connectivity index (χ4n) is 4.44. The molecule has 1 unspecified atom stereocenters. The van der Waals surface area contributed by atoms with Crippen LogP contribution in [0.1, 0.15) is 60.7 Å². The van der Waals surface area contributed by atoms with Gasteiger partial charge in [0.2, 0.25) is 0 Å². The maximum Gasteiger partial charge on any atom is 0.0967 e. The number of aryl methyl sites for hydroxylation is 3. The molecule has 3 aromatic rings. The zero-order valence-electron chi connectivity index (χ0n) is 17.9. The highest BCUT2D eigenvalue weighted by molar-refractivity contribution is 7.12. The molecule has 0 aromatic carbocycles. The molecule has 1 saturated heterocycles. The topological polar surface area (TPSA) is 82.9 Å². The van der Waals surface area contributed by atoms with Crippen LogP contribution in [0, 0.1) is 0 Å². The monoisotopic (exact) mass is 430 g/mol. The summed E-state index contributed by atoms with van der Waals surface area (Å²) in [6, 6.07) is 2.90. The number of imidazole rings is 1. The van der Waals surface area contributed by atoms with Crippen LogP contribution in [-0.2, 0) is 32.4 Å². The molecule has 3 aromatic heterocycles. The van der Waals surface area contributed by atoms with E-state index in [-0.39, 0.29) is 8.03 Å². The van der Waals surface area contributed by atoms with Crippen molar-refractivity contribution in [2.45, 2.75) is 71.0 Å². The average Bonchev–Trinajstić information content (AvgIpc) is 3.49. The summed E-state index contributed by atoms with van der Waals surface area (Å²) >= 11 is 1.89. The summed E-state index contributed by atoms with van der Waals surface area (Å²) in [5.74, 6) is 0.597. The van der Waals surface area contributed by atoms with Crippen LogP contribution in [0.4, 0.5) is 0 Å². The molecule has 164 valence electrons. The first-order valence-corrected chi connectivity index (χ1v) is 11.8. The number of aromatic nitrogens is 5. The van der Waals surface area contributed by atoms with Gasteiger partial charge >= 0.3 is 0 Å². The molecular formula is C22H34N6OS. The van der Waals surface area contributed by atoms with E-state index in [1.807, 2.05) is 22.2 Å². The lowest BCUT2D eigenvalue weighted by Crippen LogP contribution is -2.39. The summed E-state index contributed by atoms with van der Waals surface area (Å²) in [6.07, 6.45) is 10.7. The van der Waals surface area contributed by atoms with Gasteiger partial charge in [0.25, 0.3) is 0 Å². The minimum Gasteiger partial charge on any atom is -0.396 e. The molecule has 1 aliphatic heterocycles. The van der Waals surface area contributed by atoms with Crippen molar-refractivity contribution in [2.75, 3.05) is 13.2 Å². The Morgan fingerprint density at radius 3 is 3.00 bits per heavy atom. The van der Waals surface area contributed by atoms with E-state index in [1.165, 1.54) is 15.3 Å². The third-order valence-corrected chi connectivity index (χ3v) is 7.50. The molecule has 7 nitrogen and oxygen atoms in total. The highest BCUT2D eigenvalue weighted by atomic mass is 32.1. The maximum absolute atomic E-state index is 9.46. The Morgan fingerprint density at radius 1 is 1.37 bits per heavy atom. The van der Waals surface area contributed by atoms with Crippen molar-refractivity contribution >= 4 is 11.3 Å². The number of H-pyrrole nitrogens is 1. The van der Waals surface area contributed by atoms with Gasteiger partial charge in [-0.3, -0.25) is 9.58 Å². The van der Waals surface area contributed by atoms with Crippen LogP contribution >= 0.6 is 11.3 Å². The van der Waals surface area contributed by atoms with E-state index in [4.69, 9.17) is 0 Å². The lowest BCUT2D eigenvalue weighted by Gasteiger charge is -2.37. The number of nitrogens with zero attached hydrogens (tertiary/aromatic N) is 5. The van der Waals surface area contributed by atoms with Crippen molar-refractivity contribution in [3.05, 3.63) is 51.5 Å². The van der Waals surface area contributed by atoms with Gasteiger partial charge in [0.1, 0.15) is 0 Å². The maximum atomic E-state index is 9.46. The Bertz CT molecular complexity index is 924. The third kappa shape index (κ3) is 4.99. The van der Waals surface area contributed by atoms with Crippen LogP contribution in [0.25, 0.3) is 0 Å². The average molecular weight is 431 g/mol. The zero-order valence-corrected chi connectivity index (χ0v) is 18.7. The lowest BCUT2D eigenvalue weighted by molar-refractivity contribution is 0.137. The number of hydrogen-bond donors (Lipinski definition) is 2. The van der Waals surface area contributed by atoms with Gasteiger partial charge in [0.15, 0.2) is 0 Å². The number of piperidine rings is 1. The molecule has 8 heteroatoms. The van der Waals surface area contributed by atoms with Gasteiger partial charge in [0, 0.05) is 67.8 Å². The highest BCUT2D eigenvalue weighted by Gasteiger charge is 2.29. The number of rotatable bonds is 9. The fourth-order valence-corrected chi connectivity index (χ4v) is 5.62. The Hall–Kier alpha value is -2.03. The first kappa shape index (κ1) is 21.2. The molecule has 0 saturated carbocycles. The van der Waals surface area contributed by atoms with E-state index >= 15 is 0 Å². The molecule has 4 heterocycles. The number of thiophene rings is 1. The number of hydrogen-bond acceptors (Lipinski definition) is 6. The third-order valence-electron chi connectivity index (χ3n) is 6.15. The predicted molar refractivity (Wildman–Crippen MR) is 121 cm³/mol. The Labute approximate surface area is 183 Å². The number of nitrogens with one attached hydrogen (secondary N) is 1. The highest BCUT2D eigenvalue weighted by Crippen LogP contribution is 2.38. The quantitative estimate of drug-likeness (QED) is 0.544. The molecule has 0 aliphatic carbocycles. The minimum atomic E-state index is 0. The first-order chi connectivity index (χ1) is 14.7. The lowest BCUT2D eigenvalue weighted by atomic mass is 9.85. The number of aliphatic hydroxyl groups excluding tert-OH is 1. The summed E-state index contributed by atoms with van der Waals surface area (Å²) < 4.78 is 1.92. The molecule has 2 N–H and O–H groups in total. The van der Waals surface area contributed by atoms with Crippen LogP contribution in [-0.4, -0.2) is 54.2 Å². The van der Waals surface area contributed by atoms with Crippen molar-refractivity contribution in [3.63, 3.8) is 0 Å². The molecule has 2 atom stereocenters. The standard InChI is InChI=1S/C22H32N6OS.H2/c1-3-20-11-21(22(30-20)6-9-29)17-4-7-27(16(2)10-17)13-19-14-28(26-25-19)8-5-18-12-23-15-24-18;/h11-12,14-17,29H,3-10,13H2,1-2H3,(H,23,24);1H/t16-,17?;/m0./s1. The van der Waals surface area contributed by atoms with Crippen molar-refractivity contribution in [1.29, 1.82) is 0 Å². The summed E-state index contributed by atoms with van der Waals surface area (Å²) in [7, 11) is 0. The molecule has 0 amide bonds. The summed E-state index contributed by atoms with van der Waals surface area (Å²) in [5.41, 5.74) is 3.64. The van der Waals surface area contributed by atoms with Gasteiger partial charge in [0.05, 0.1) is 12.0 Å². The Balaban J connectivity index is 0.00000272. The van der Waals surface area contributed by atoms with Crippen LogP contribution in [0.2, 0.25) is 0 Å². The molecule has 0 radical (unpaired) electrons. The van der Waals surface area contributed by atoms with Crippen LogP contribution in [0.15, 0.2) is 24.8 Å². The number of likely N-dealkylation sites (tertiary alicyclic amines) is 1. The Morgan fingerprint density at radius 2 is 2.27 bits per heavy atom. The molecule has 1 fully saturated rings. The normalized spacial score (nSPS) is 20.1. The fraction of sp³-hybridized carbons (Fsp3) is 0.591. The SMILES string of the molecule is CCc1cc(C2CCN(Cc3cn(CCc4cnc[nH]4)nn3)[C@@H](C)C2)c(CCO)s1.[HH]. The van der Waals surface area contributed by atoms with Gasteiger partial charge in [-0.25, -0.2) is 4.98 Å². The van der Waals surface area contributed by atoms with Gasteiger partial charge in [-0.05, 0) is 50.3 Å². The van der Waals surface area contributed by atoms with Crippen LogP contribution in [0.3, 0.4) is 0 Å². The molecular weight excluding hydrogens is 396 g/mol. The molecule has 0 spiro atoms. The molecule has 1 aliphatic rings. The van der Waals surface area contributed by atoms with Gasteiger partial charge in [-0.15, -0.1) is 16.4 Å². The van der Waals surface area contributed by atoms with Crippen molar-refractivity contribution < 1.29 is 6.53 Å². The summed E-state index contributed by atoms with van der Waals surface area (Å²) in [5, 5.41) is 18.1. The van der Waals surface area contributed by atoms with Crippen molar-refractivity contribution in [2.24, 2.45) is 0 Å². The smallest absolute Gasteiger partial charge is 0.0967 e. The molecule has 0 bridgehead atoms. The van der Waals surface area contributed by atoms with E-state index in [0.29, 0.717) is 12.0 Å². The minimum absolute atomic E-state index is 0. The van der Waals surface area contributed by atoms with E-state index in [0.717, 1.165) is 63.1 Å². The number of aliphatic hydroxyl groups is 1. The predicted octanol–water partition coefficient (Wildman–Crippen LogP) is 3.42. The first-order valence-electron chi connectivity index (χ1n) is 11.0. The van der Waals surface area contributed by atoms with E-state index in [2.05, 4.69) is 51.3 Å². The van der Waals surface area contributed by atoms with E-state index < -0.39 is 0 Å². The van der Waals surface area contributed by atoms with Crippen LogP contribution < -0.4 is 0 Å². The van der Waals surface area contributed by atoms with E-state index in [9.17, 15) is 5.11 Å². The largest absolute Gasteiger partial charge is 0.396 e.